The van der Waals surface area contributed by atoms with Gasteiger partial charge in [0.25, 0.3) is 0 Å². The fraction of sp³-hybridized carbons (Fsp3) is 0.714. The Kier molecular flexibility index (Phi) is 7.85. The Labute approximate surface area is 114 Å². The van der Waals surface area contributed by atoms with Crippen LogP contribution >= 0.6 is 0 Å². The lowest BCUT2D eigenvalue weighted by molar-refractivity contribution is -0.176. The third-order valence-corrected chi connectivity index (χ3v) is 2.24. The predicted octanol–water partition coefficient (Wildman–Crippen LogP) is 1.69. The standard InChI is InChI=1S/C14H22O5/c1-6-7-8-9-18-11(2)10-14(3,4)19-13(16)12(15)17-5/h11H,6,9-10H2,1-5H3. The van der Waals surface area contributed by atoms with Gasteiger partial charge in [0.15, 0.2) is 0 Å². The van der Waals surface area contributed by atoms with Crippen LogP contribution in [0.25, 0.3) is 0 Å². The summed E-state index contributed by atoms with van der Waals surface area (Å²) in [5, 5.41) is 0. The van der Waals surface area contributed by atoms with Crippen LogP contribution in [-0.2, 0) is 23.8 Å². The van der Waals surface area contributed by atoms with E-state index in [-0.39, 0.29) is 6.10 Å². The molecule has 0 fully saturated rings. The summed E-state index contributed by atoms with van der Waals surface area (Å²) < 4.78 is 14.8. The Morgan fingerprint density at radius 1 is 1.21 bits per heavy atom. The van der Waals surface area contributed by atoms with Crippen LogP contribution in [0.4, 0.5) is 0 Å². The molecule has 0 aliphatic heterocycles. The van der Waals surface area contributed by atoms with E-state index in [1.807, 2.05) is 13.8 Å². The average molecular weight is 270 g/mol. The van der Waals surface area contributed by atoms with E-state index in [1.54, 1.807) is 13.8 Å². The molecule has 0 aliphatic rings. The topological polar surface area (TPSA) is 61.8 Å². The van der Waals surface area contributed by atoms with Gasteiger partial charge in [-0.3, -0.25) is 0 Å². The quantitative estimate of drug-likeness (QED) is 0.432. The molecule has 1 atom stereocenters. The molecule has 1 unspecified atom stereocenters. The van der Waals surface area contributed by atoms with Crippen molar-refractivity contribution in [2.45, 2.75) is 52.2 Å². The van der Waals surface area contributed by atoms with Gasteiger partial charge in [0.1, 0.15) is 12.2 Å². The molecule has 0 rings (SSSR count). The van der Waals surface area contributed by atoms with Crippen LogP contribution in [0, 0.1) is 11.8 Å². The molecule has 0 aliphatic carbocycles. The number of ether oxygens (including phenoxy) is 3. The average Bonchev–Trinajstić information content (AvgIpc) is 2.32. The third kappa shape index (κ3) is 8.22. The molecule has 0 radical (unpaired) electrons. The van der Waals surface area contributed by atoms with Crippen molar-refractivity contribution < 1.29 is 23.8 Å². The Hall–Kier alpha value is -1.54. The molecule has 108 valence electrons. The van der Waals surface area contributed by atoms with Crippen molar-refractivity contribution in [3.8, 4) is 11.8 Å². The summed E-state index contributed by atoms with van der Waals surface area (Å²) in [6, 6.07) is 0. The Bertz CT molecular complexity index is 362. The molecule has 0 aromatic rings. The second-order valence-corrected chi connectivity index (χ2v) is 4.67. The zero-order valence-corrected chi connectivity index (χ0v) is 12.2. The molecule has 0 spiro atoms. The second kappa shape index (κ2) is 8.54. The molecule has 5 nitrogen and oxygen atoms in total. The van der Waals surface area contributed by atoms with E-state index in [4.69, 9.17) is 9.47 Å². The van der Waals surface area contributed by atoms with E-state index in [2.05, 4.69) is 16.6 Å². The smallest absolute Gasteiger partial charge is 0.417 e. The largest absolute Gasteiger partial charge is 0.461 e. The zero-order chi connectivity index (χ0) is 14.9. The molecule has 0 saturated heterocycles. The predicted molar refractivity (Wildman–Crippen MR) is 70.3 cm³/mol. The Morgan fingerprint density at radius 2 is 1.84 bits per heavy atom. The minimum Gasteiger partial charge on any atom is -0.461 e. The van der Waals surface area contributed by atoms with Crippen molar-refractivity contribution in [2.75, 3.05) is 13.7 Å². The number of hydrogen-bond acceptors (Lipinski definition) is 5. The second-order valence-electron chi connectivity index (χ2n) is 4.67. The number of carbonyl (C=O) groups excluding carboxylic acids is 2. The highest BCUT2D eigenvalue weighted by atomic mass is 16.6. The maximum absolute atomic E-state index is 11.3. The van der Waals surface area contributed by atoms with Crippen molar-refractivity contribution in [3.63, 3.8) is 0 Å². The van der Waals surface area contributed by atoms with Crippen LogP contribution in [0.2, 0.25) is 0 Å². The summed E-state index contributed by atoms with van der Waals surface area (Å²) in [4.78, 5) is 22.3. The van der Waals surface area contributed by atoms with Gasteiger partial charge < -0.3 is 14.2 Å². The molecule has 0 heterocycles. The number of methoxy groups -OCH3 is 1. The summed E-state index contributed by atoms with van der Waals surface area (Å²) in [5.74, 6) is 3.77. The Balaban J connectivity index is 4.20. The molecule has 0 aromatic carbocycles. The molecule has 0 saturated carbocycles. The monoisotopic (exact) mass is 270 g/mol. The van der Waals surface area contributed by atoms with Gasteiger partial charge in [-0.1, -0.05) is 12.8 Å². The van der Waals surface area contributed by atoms with E-state index in [9.17, 15) is 9.59 Å². The summed E-state index contributed by atoms with van der Waals surface area (Å²) in [5.41, 5.74) is -0.803. The van der Waals surface area contributed by atoms with E-state index in [0.717, 1.165) is 13.5 Å². The maximum atomic E-state index is 11.3. The van der Waals surface area contributed by atoms with Gasteiger partial charge >= 0.3 is 11.9 Å². The lowest BCUT2D eigenvalue weighted by Crippen LogP contribution is -2.35. The van der Waals surface area contributed by atoms with Gasteiger partial charge in [0.05, 0.1) is 13.2 Å². The highest BCUT2D eigenvalue weighted by Gasteiger charge is 2.29. The van der Waals surface area contributed by atoms with Gasteiger partial charge in [0, 0.05) is 12.8 Å². The van der Waals surface area contributed by atoms with Crippen LogP contribution < -0.4 is 0 Å². The van der Waals surface area contributed by atoms with Crippen molar-refractivity contribution in [1.82, 2.24) is 0 Å². The lowest BCUT2D eigenvalue weighted by Gasteiger charge is -2.27. The molecular formula is C14H22O5. The van der Waals surface area contributed by atoms with Gasteiger partial charge in [-0.2, -0.15) is 0 Å². The molecule has 0 aromatic heterocycles. The number of rotatable bonds is 5. The number of carbonyl (C=O) groups is 2. The van der Waals surface area contributed by atoms with Crippen molar-refractivity contribution in [3.05, 3.63) is 0 Å². The van der Waals surface area contributed by atoms with Crippen molar-refractivity contribution in [1.29, 1.82) is 0 Å². The van der Waals surface area contributed by atoms with E-state index in [1.165, 1.54) is 0 Å². The van der Waals surface area contributed by atoms with Crippen LogP contribution in [0.5, 0.6) is 0 Å². The first kappa shape index (κ1) is 17.5. The molecule has 19 heavy (non-hydrogen) atoms. The summed E-state index contributed by atoms with van der Waals surface area (Å²) in [6.45, 7) is 7.60. The molecule has 0 amide bonds. The van der Waals surface area contributed by atoms with Crippen LogP contribution in [0.1, 0.15) is 40.5 Å². The molecular weight excluding hydrogens is 248 g/mol. The summed E-state index contributed by atoms with van der Waals surface area (Å²) in [6.07, 6.45) is 1.12. The fourth-order valence-electron chi connectivity index (χ4n) is 1.53. The van der Waals surface area contributed by atoms with Crippen LogP contribution in [0.3, 0.4) is 0 Å². The minimum absolute atomic E-state index is 0.133. The van der Waals surface area contributed by atoms with Gasteiger partial charge in [-0.05, 0) is 20.8 Å². The van der Waals surface area contributed by atoms with Crippen LogP contribution in [-0.4, -0.2) is 37.4 Å². The lowest BCUT2D eigenvalue weighted by atomic mass is 10.0. The van der Waals surface area contributed by atoms with Gasteiger partial charge in [-0.25, -0.2) is 9.59 Å². The number of esters is 2. The van der Waals surface area contributed by atoms with Crippen LogP contribution in [0.15, 0.2) is 0 Å². The fourth-order valence-corrected chi connectivity index (χ4v) is 1.53. The zero-order valence-electron chi connectivity index (χ0n) is 12.2. The van der Waals surface area contributed by atoms with E-state index < -0.39 is 17.5 Å². The maximum Gasteiger partial charge on any atom is 0.417 e. The highest BCUT2D eigenvalue weighted by molar-refractivity contribution is 6.29. The first-order valence-corrected chi connectivity index (χ1v) is 6.21. The SMILES string of the molecule is CCC#CCOC(C)CC(C)(C)OC(=O)C(=O)OC. The molecule has 0 bridgehead atoms. The first-order chi connectivity index (χ1) is 8.82. The van der Waals surface area contributed by atoms with Gasteiger partial charge in [-0.15, -0.1) is 5.92 Å². The molecule has 0 N–H and O–H groups in total. The minimum atomic E-state index is -1.00. The summed E-state index contributed by atoms with van der Waals surface area (Å²) in [7, 11) is 1.13. The van der Waals surface area contributed by atoms with E-state index in [0.29, 0.717) is 13.0 Å². The Morgan fingerprint density at radius 3 is 2.37 bits per heavy atom. The van der Waals surface area contributed by atoms with Crippen molar-refractivity contribution >= 4 is 11.9 Å². The normalized spacial score (nSPS) is 12.1. The number of hydrogen-bond donors (Lipinski definition) is 0. The van der Waals surface area contributed by atoms with E-state index >= 15 is 0 Å². The summed E-state index contributed by atoms with van der Waals surface area (Å²) >= 11 is 0. The first-order valence-electron chi connectivity index (χ1n) is 6.21. The van der Waals surface area contributed by atoms with Crippen molar-refractivity contribution in [2.24, 2.45) is 0 Å². The highest BCUT2D eigenvalue weighted by Crippen LogP contribution is 2.18. The third-order valence-electron chi connectivity index (χ3n) is 2.24. The molecule has 5 heteroatoms. The van der Waals surface area contributed by atoms with Gasteiger partial charge in [0.2, 0.25) is 0 Å².